The van der Waals surface area contributed by atoms with E-state index in [0.29, 0.717) is 0 Å². The zero-order chi connectivity index (χ0) is 8.27. The molecule has 1 rings (SSSR count). The van der Waals surface area contributed by atoms with Crippen molar-refractivity contribution in [3.63, 3.8) is 0 Å². The van der Waals surface area contributed by atoms with Gasteiger partial charge in [-0.3, -0.25) is 0 Å². The van der Waals surface area contributed by atoms with E-state index >= 15 is 0 Å². The SMILES string of the molecule is C[CH]CC1CCC(C)C(C)C1. The lowest BCUT2D eigenvalue weighted by Gasteiger charge is -2.31. The Balaban J connectivity index is 2.28. The van der Waals surface area contributed by atoms with Gasteiger partial charge in [0, 0.05) is 0 Å². The molecule has 1 saturated carbocycles. The van der Waals surface area contributed by atoms with Crippen LogP contribution in [0.4, 0.5) is 0 Å². The number of hydrogen-bond donors (Lipinski definition) is 0. The quantitative estimate of drug-likeness (QED) is 0.568. The fourth-order valence-corrected chi connectivity index (χ4v) is 2.21. The van der Waals surface area contributed by atoms with Crippen molar-refractivity contribution in [2.45, 2.75) is 46.5 Å². The first-order chi connectivity index (χ1) is 5.24. The van der Waals surface area contributed by atoms with E-state index in [1.54, 1.807) is 0 Å². The van der Waals surface area contributed by atoms with E-state index in [1.807, 2.05) is 0 Å². The average Bonchev–Trinajstić information content (AvgIpc) is 1.98. The number of rotatable bonds is 2. The Bertz CT molecular complexity index is 107. The van der Waals surface area contributed by atoms with Crippen LogP contribution in [0.2, 0.25) is 0 Å². The number of hydrogen-bond acceptors (Lipinski definition) is 0. The molecule has 3 unspecified atom stereocenters. The van der Waals surface area contributed by atoms with Crippen LogP contribution >= 0.6 is 0 Å². The molecule has 0 saturated heterocycles. The fraction of sp³-hybridized carbons (Fsp3) is 0.909. The van der Waals surface area contributed by atoms with Gasteiger partial charge < -0.3 is 0 Å². The molecule has 0 heteroatoms. The van der Waals surface area contributed by atoms with E-state index in [0.717, 1.165) is 17.8 Å². The van der Waals surface area contributed by atoms with Crippen LogP contribution in [0, 0.1) is 24.2 Å². The summed E-state index contributed by atoms with van der Waals surface area (Å²) in [6.07, 6.45) is 8.06. The van der Waals surface area contributed by atoms with E-state index in [2.05, 4.69) is 27.2 Å². The molecule has 1 radical (unpaired) electrons. The second-order valence-electron chi connectivity index (χ2n) is 4.28. The molecule has 65 valence electrons. The Morgan fingerprint density at radius 3 is 2.45 bits per heavy atom. The third-order valence-corrected chi connectivity index (χ3v) is 3.28. The van der Waals surface area contributed by atoms with Crippen molar-refractivity contribution >= 4 is 0 Å². The molecule has 0 aromatic rings. The molecule has 0 amide bonds. The summed E-state index contributed by atoms with van der Waals surface area (Å²) in [5.74, 6) is 2.95. The predicted octanol–water partition coefficient (Wildman–Crippen LogP) is 3.67. The molecule has 1 fully saturated rings. The van der Waals surface area contributed by atoms with E-state index in [4.69, 9.17) is 0 Å². The van der Waals surface area contributed by atoms with Crippen LogP contribution in [0.1, 0.15) is 46.5 Å². The lowest BCUT2D eigenvalue weighted by atomic mass is 9.74. The Labute approximate surface area is 71.4 Å². The highest BCUT2D eigenvalue weighted by Gasteiger charge is 2.23. The summed E-state index contributed by atoms with van der Waals surface area (Å²) in [7, 11) is 0. The maximum Gasteiger partial charge on any atom is -0.0409 e. The third-order valence-electron chi connectivity index (χ3n) is 3.28. The summed E-state index contributed by atoms with van der Waals surface area (Å²) in [5.41, 5.74) is 0. The van der Waals surface area contributed by atoms with E-state index in [-0.39, 0.29) is 0 Å². The second kappa shape index (κ2) is 4.13. The van der Waals surface area contributed by atoms with Crippen LogP contribution < -0.4 is 0 Å². The van der Waals surface area contributed by atoms with Crippen LogP contribution in [0.3, 0.4) is 0 Å². The van der Waals surface area contributed by atoms with Crippen LogP contribution in [-0.2, 0) is 0 Å². The molecule has 1 aliphatic rings. The first kappa shape index (κ1) is 9.09. The van der Waals surface area contributed by atoms with Gasteiger partial charge in [-0.05, 0) is 37.0 Å². The van der Waals surface area contributed by atoms with Crippen LogP contribution in [0.15, 0.2) is 0 Å². The molecule has 0 aromatic carbocycles. The smallest absolute Gasteiger partial charge is 0.0409 e. The standard InChI is InChI=1S/C11H21/c1-4-5-11-7-6-9(2)10(3)8-11/h4,9-11H,5-8H2,1-3H3. The van der Waals surface area contributed by atoms with Crippen LogP contribution in [-0.4, -0.2) is 0 Å². The van der Waals surface area contributed by atoms with Crippen molar-refractivity contribution < 1.29 is 0 Å². The Hall–Kier alpha value is 0. The summed E-state index contributed by atoms with van der Waals surface area (Å²) < 4.78 is 0. The topological polar surface area (TPSA) is 0 Å². The van der Waals surface area contributed by atoms with Crippen LogP contribution in [0.25, 0.3) is 0 Å². The normalized spacial score (nSPS) is 39.0. The Kier molecular flexibility index (Phi) is 3.42. The molecule has 11 heavy (non-hydrogen) atoms. The fourth-order valence-electron chi connectivity index (χ4n) is 2.21. The first-order valence-electron chi connectivity index (χ1n) is 5.01. The van der Waals surface area contributed by atoms with Crippen LogP contribution in [0.5, 0.6) is 0 Å². The largest absolute Gasteiger partial charge is 0.0623 e. The third kappa shape index (κ3) is 2.50. The molecular formula is C11H21. The van der Waals surface area contributed by atoms with Gasteiger partial charge in [0.1, 0.15) is 0 Å². The van der Waals surface area contributed by atoms with Gasteiger partial charge in [0.05, 0.1) is 0 Å². The van der Waals surface area contributed by atoms with Crippen molar-refractivity contribution in [1.82, 2.24) is 0 Å². The summed E-state index contributed by atoms with van der Waals surface area (Å²) in [6, 6.07) is 0. The summed E-state index contributed by atoms with van der Waals surface area (Å²) in [4.78, 5) is 0. The van der Waals surface area contributed by atoms with E-state index in [1.165, 1.54) is 25.7 Å². The molecule has 0 aliphatic heterocycles. The molecule has 0 heterocycles. The monoisotopic (exact) mass is 153 g/mol. The van der Waals surface area contributed by atoms with Crippen molar-refractivity contribution in [2.24, 2.45) is 17.8 Å². The van der Waals surface area contributed by atoms with Gasteiger partial charge in [-0.1, -0.05) is 33.6 Å². The highest BCUT2D eigenvalue weighted by atomic mass is 14.3. The van der Waals surface area contributed by atoms with Crippen molar-refractivity contribution in [3.8, 4) is 0 Å². The van der Waals surface area contributed by atoms with Gasteiger partial charge in [0.15, 0.2) is 0 Å². The molecule has 0 nitrogen and oxygen atoms in total. The summed E-state index contributed by atoms with van der Waals surface area (Å²) >= 11 is 0. The predicted molar refractivity (Wildman–Crippen MR) is 50.3 cm³/mol. The molecule has 0 aromatic heterocycles. The van der Waals surface area contributed by atoms with Gasteiger partial charge in [0.25, 0.3) is 0 Å². The second-order valence-corrected chi connectivity index (χ2v) is 4.28. The molecule has 0 bridgehead atoms. The zero-order valence-electron chi connectivity index (χ0n) is 8.14. The Morgan fingerprint density at radius 1 is 1.18 bits per heavy atom. The average molecular weight is 153 g/mol. The van der Waals surface area contributed by atoms with E-state index in [9.17, 15) is 0 Å². The van der Waals surface area contributed by atoms with Gasteiger partial charge in [0.2, 0.25) is 0 Å². The summed E-state index contributed by atoms with van der Waals surface area (Å²) in [5, 5.41) is 0. The Morgan fingerprint density at radius 2 is 1.91 bits per heavy atom. The maximum absolute atomic E-state index is 2.41. The molecular weight excluding hydrogens is 132 g/mol. The van der Waals surface area contributed by atoms with Crippen molar-refractivity contribution in [3.05, 3.63) is 6.42 Å². The van der Waals surface area contributed by atoms with Crippen molar-refractivity contribution in [2.75, 3.05) is 0 Å². The first-order valence-corrected chi connectivity index (χ1v) is 5.01. The van der Waals surface area contributed by atoms with Gasteiger partial charge in [-0.2, -0.15) is 0 Å². The molecule has 1 aliphatic carbocycles. The highest BCUT2D eigenvalue weighted by molar-refractivity contribution is 4.77. The minimum absolute atomic E-state index is 0.966. The van der Waals surface area contributed by atoms with E-state index < -0.39 is 0 Å². The summed E-state index contributed by atoms with van der Waals surface area (Å²) in [6.45, 7) is 6.99. The van der Waals surface area contributed by atoms with Gasteiger partial charge in [-0.25, -0.2) is 0 Å². The maximum atomic E-state index is 2.41. The molecule has 0 N–H and O–H groups in total. The van der Waals surface area contributed by atoms with Crippen molar-refractivity contribution in [1.29, 1.82) is 0 Å². The molecule has 0 spiro atoms. The van der Waals surface area contributed by atoms with Gasteiger partial charge in [-0.15, -0.1) is 0 Å². The zero-order valence-corrected chi connectivity index (χ0v) is 8.14. The minimum Gasteiger partial charge on any atom is -0.0623 e. The van der Waals surface area contributed by atoms with Gasteiger partial charge >= 0.3 is 0 Å². The lowest BCUT2D eigenvalue weighted by molar-refractivity contribution is 0.207. The minimum atomic E-state index is 0.966. The lowest BCUT2D eigenvalue weighted by Crippen LogP contribution is -2.20. The molecule has 3 atom stereocenters. The highest BCUT2D eigenvalue weighted by Crippen LogP contribution is 2.35.